The summed E-state index contributed by atoms with van der Waals surface area (Å²) in [6, 6.07) is 5.46. The van der Waals surface area contributed by atoms with Gasteiger partial charge >= 0.3 is 0 Å². The Kier molecular flexibility index (Phi) is 4.43. The summed E-state index contributed by atoms with van der Waals surface area (Å²) in [6.45, 7) is 1.69. The summed E-state index contributed by atoms with van der Waals surface area (Å²) >= 11 is 0. The van der Waals surface area contributed by atoms with Gasteiger partial charge in [0.05, 0.1) is 5.56 Å². The fourth-order valence-corrected chi connectivity index (χ4v) is 1.59. The Morgan fingerprint density at radius 1 is 1.35 bits per heavy atom. The van der Waals surface area contributed by atoms with Gasteiger partial charge in [-0.15, -0.1) is 0 Å². The number of hydrogen-bond donors (Lipinski definition) is 2. The minimum Gasteiger partial charge on any atom is -0.384 e. The average molecular weight is 267 g/mol. The fraction of sp³-hybridized carbons (Fsp3) is 0.133. The van der Waals surface area contributed by atoms with Gasteiger partial charge in [0.25, 0.3) is 5.91 Å². The molecule has 1 aromatic heterocycles. The molecule has 0 spiro atoms. The molecule has 1 heterocycles. The van der Waals surface area contributed by atoms with Crippen molar-refractivity contribution in [3.05, 3.63) is 53.6 Å². The van der Waals surface area contributed by atoms with Crippen LogP contribution in [0.5, 0.6) is 0 Å². The van der Waals surface area contributed by atoms with E-state index < -0.39 is 0 Å². The number of amides is 1. The maximum Gasteiger partial charge on any atom is 0.258 e. The van der Waals surface area contributed by atoms with E-state index in [9.17, 15) is 4.79 Å². The van der Waals surface area contributed by atoms with E-state index in [0.29, 0.717) is 11.3 Å². The smallest absolute Gasteiger partial charge is 0.258 e. The molecule has 20 heavy (non-hydrogen) atoms. The Balaban J connectivity index is 2.22. The minimum atomic E-state index is -0.277. The number of aromatic nitrogens is 2. The van der Waals surface area contributed by atoms with Gasteiger partial charge in [-0.1, -0.05) is 17.9 Å². The van der Waals surface area contributed by atoms with Crippen LogP contribution in [-0.4, -0.2) is 27.6 Å². The highest BCUT2D eigenvalue weighted by Crippen LogP contribution is 2.17. The highest BCUT2D eigenvalue weighted by Gasteiger charge is 2.08. The van der Waals surface area contributed by atoms with Crippen LogP contribution in [0.3, 0.4) is 0 Å². The van der Waals surface area contributed by atoms with Crippen LogP contribution in [-0.2, 0) is 0 Å². The summed E-state index contributed by atoms with van der Waals surface area (Å²) in [5, 5.41) is 11.5. The van der Waals surface area contributed by atoms with Crippen LogP contribution >= 0.6 is 0 Å². The molecular formula is C15H13N3O2. The van der Waals surface area contributed by atoms with Gasteiger partial charge < -0.3 is 10.4 Å². The molecule has 5 nitrogen and oxygen atoms in total. The van der Waals surface area contributed by atoms with Gasteiger partial charge in [0, 0.05) is 23.6 Å². The summed E-state index contributed by atoms with van der Waals surface area (Å²) in [7, 11) is 0. The predicted octanol–water partition coefficient (Wildman–Crippen LogP) is 1.38. The van der Waals surface area contributed by atoms with Gasteiger partial charge in [0.1, 0.15) is 12.9 Å². The second kappa shape index (κ2) is 6.45. The van der Waals surface area contributed by atoms with Crippen molar-refractivity contribution >= 4 is 11.6 Å². The monoisotopic (exact) mass is 267 g/mol. The van der Waals surface area contributed by atoms with Gasteiger partial charge in [-0.2, -0.15) is 0 Å². The lowest BCUT2D eigenvalue weighted by Gasteiger charge is -2.08. The Labute approximate surface area is 116 Å². The molecule has 2 aromatic rings. The topological polar surface area (TPSA) is 75.1 Å². The van der Waals surface area contributed by atoms with E-state index in [2.05, 4.69) is 27.1 Å². The first-order valence-electron chi connectivity index (χ1n) is 5.97. The lowest BCUT2D eigenvalue weighted by molar-refractivity contribution is 0.102. The van der Waals surface area contributed by atoms with Crippen LogP contribution in [0.2, 0.25) is 0 Å². The molecule has 0 bridgehead atoms. The number of nitrogens with zero attached hydrogens (tertiary/aromatic N) is 2. The standard InChI is InChI=1S/C15H13N3O2/c1-11-4-5-12(3-2-6-19)7-14(11)18-15(20)13-8-16-10-17-9-13/h4-5,7-10,19H,6H2,1H3,(H,18,20). The van der Waals surface area contributed by atoms with E-state index in [4.69, 9.17) is 5.11 Å². The zero-order valence-corrected chi connectivity index (χ0v) is 10.9. The molecule has 1 amide bonds. The summed E-state index contributed by atoms with van der Waals surface area (Å²) in [5.41, 5.74) is 2.70. The molecule has 1 aromatic carbocycles. The van der Waals surface area contributed by atoms with Crippen molar-refractivity contribution in [1.29, 1.82) is 0 Å². The first-order valence-corrected chi connectivity index (χ1v) is 5.97. The van der Waals surface area contributed by atoms with Crippen LogP contribution < -0.4 is 5.32 Å². The van der Waals surface area contributed by atoms with Crippen LogP contribution in [0.15, 0.2) is 36.9 Å². The second-order valence-corrected chi connectivity index (χ2v) is 4.07. The highest BCUT2D eigenvalue weighted by atomic mass is 16.2. The summed E-state index contributed by atoms with van der Waals surface area (Å²) < 4.78 is 0. The molecule has 5 heteroatoms. The van der Waals surface area contributed by atoms with E-state index in [1.807, 2.05) is 19.1 Å². The van der Waals surface area contributed by atoms with Crippen molar-refractivity contribution in [1.82, 2.24) is 9.97 Å². The molecule has 0 fully saturated rings. The number of nitrogens with one attached hydrogen (secondary N) is 1. The lowest BCUT2D eigenvalue weighted by Crippen LogP contribution is -2.13. The van der Waals surface area contributed by atoms with Crippen molar-refractivity contribution in [3.63, 3.8) is 0 Å². The van der Waals surface area contributed by atoms with Crippen molar-refractivity contribution in [2.24, 2.45) is 0 Å². The molecule has 0 aliphatic rings. The number of benzene rings is 1. The molecule has 0 unspecified atom stereocenters. The fourth-order valence-electron chi connectivity index (χ4n) is 1.59. The lowest BCUT2D eigenvalue weighted by atomic mass is 10.1. The first-order chi connectivity index (χ1) is 9.70. The Hall–Kier alpha value is -2.71. The average Bonchev–Trinajstić information content (AvgIpc) is 2.49. The first kappa shape index (κ1) is 13.7. The molecule has 0 aliphatic heterocycles. The quantitative estimate of drug-likeness (QED) is 0.806. The van der Waals surface area contributed by atoms with Gasteiger partial charge in [0.2, 0.25) is 0 Å². The molecular weight excluding hydrogens is 254 g/mol. The maximum absolute atomic E-state index is 12.0. The predicted molar refractivity (Wildman–Crippen MR) is 75.1 cm³/mol. The maximum atomic E-state index is 12.0. The number of carbonyl (C=O) groups excluding carboxylic acids is 1. The van der Waals surface area contributed by atoms with Crippen molar-refractivity contribution in [3.8, 4) is 11.8 Å². The Morgan fingerprint density at radius 2 is 2.10 bits per heavy atom. The van der Waals surface area contributed by atoms with Gasteiger partial charge in [0.15, 0.2) is 0 Å². The number of rotatable bonds is 2. The van der Waals surface area contributed by atoms with Crippen LogP contribution in [0.1, 0.15) is 21.5 Å². The van der Waals surface area contributed by atoms with Crippen LogP contribution in [0, 0.1) is 18.8 Å². The molecule has 0 radical (unpaired) electrons. The molecule has 2 rings (SSSR count). The summed E-state index contributed by atoms with van der Waals surface area (Å²) in [6.07, 6.45) is 4.27. The van der Waals surface area contributed by atoms with Crippen molar-refractivity contribution < 1.29 is 9.90 Å². The largest absolute Gasteiger partial charge is 0.384 e. The Morgan fingerprint density at radius 3 is 2.80 bits per heavy atom. The summed E-state index contributed by atoms with van der Waals surface area (Å²) in [5.74, 6) is 5.09. The third-order valence-electron chi connectivity index (χ3n) is 2.62. The SMILES string of the molecule is Cc1ccc(C#CCO)cc1NC(=O)c1cncnc1. The van der Waals surface area contributed by atoms with Gasteiger partial charge in [-0.05, 0) is 24.6 Å². The van der Waals surface area contributed by atoms with Crippen LogP contribution in [0.25, 0.3) is 0 Å². The van der Waals surface area contributed by atoms with Crippen molar-refractivity contribution in [2.75, 3.05) is 11.9 Å². The number of aliphatic hydroxyl groups excluding tert-OH is 1. The summed E-state index contributed by atoms with van der Waals surface area (Å²) in [4.78, 5) is 19.6. The van der Waals surface area contributed by atoms with E-state index >= 15 is 0 Å². The number of carbonyl (C=O) groups is 1. The molecule has 0 atom stereocenters. The number of hydrogen-bond acceptors (Lipinski definition) is 4. The molecule has 0 saturated heterocycles. The van der Waals surface area contributed by atoms with Gasteiger partial charge in [-0.25, -0.2) is 9.97 Å². The highest BCUT2D eigenvalue weighted by molar-refractivity contribution is 6.04. The zero-order chi connectivity index (χ0) is 14.4. The minimum absolute atomic E-state index is 0.197. The third-order valence-corrected chi connectivity index (χ3v) is 2.62. The van der Waals surface area contributed by atoms with Crippen molar-refractivity contribution in [2.45, 2.75) is 6.92 Å². The van der Waals surface area contributed by atoms with E-state index in [0.717, 1.165) is 11.1 Å². The second-order valence-electron chi connectivity index (χ2n) is 4.07. The Bertz CT molecular complexity index is 673. The third kappa shape index (κ3) is 3.40. The number of aliphatic hydroxyl groups is 1. The molecule has 100 valence electrons. The molecule has 2 N–H and O–H groups in total. The van der Waals surface area contributed by atoms with E-state index in [1.54, 1.807) is 6.07 Å². The van der Waals surface area contributed by atoms with Crippen LogP contribution in [0.4, 0.5) is 5.69 Å². The molecule has 0 saturated carbocycles. The van der Waals surface area contributed by atoms with E-state index in [1.165, 1.54) is 18.7 Å². The molecule has 0 aliphatic carbocycles. The van der Waals surface area contributed by atoms with E-state index in [-0.39, 0.29) is 12.5 Å². The normalized spacial score (nSPS) is 9.50. The zero-order valence-electron chi connectivity index (χ0n) is 10.9. The van der Waals surface area contributed by atoms with Gasteiger partial charge in [-0.3, -0.25) is 4.79 Å². The number of anilines is 1. The number of aryl methyl sites for hydroxylation is 1.